The number of carbonyl (C=O) groups is 2. The van der Waals surface area contributed by atoms with Crippen LogP contribution in [-0.4, -0.2) is 41.6 Å². The highest BCUT2D eigenvalue weighted by Gasteiger charge is 2.48. The molecule has 3 aromatic carbocycles. The number of hydrogen-bond donors (Lipinski definition) is 1. The summed E-state index contributed by atoms with van der Waals surface area (Å²) in [6.45, 7) is 4.70. The number of carbonyl (C=O) groups excluding carboxylic acids is 2. The van der Waals surface area contributed by atoms with E-state index in [0.29, 0.717) is 58.4 Å². The number of benzene rings is 3. The Kier molecular flexibility index (Phi) is 6.24. The van der Waals surface area contributed by atoms with Gasteiger partial charge in [-0.2, -0.15) is 0 Å². The van der Waals surface area contributed by atoms with Crippen LogP contribution in [0.5, 0.6) is 17.2 Å². The predicted octanol–water partition coefficient (Wildman–Crippen LogP) is 5.40. The molecule has 1 unspecified atom stereocenters. The molecule has 0 aliphatic carbocycles. The molecule has 1 saturated heterocycles. The number of aromatic nitrogens is 1. The zero-order valence-electron chi connectivity index (χ0n) is 20.4. The molecule has 0 saturated carbocycles. The minimum absolute atomic E-state index is 0.109. The molecule has 2 aliphatic heterocycles. The molecule has 4 aromatic rings. The van der Waals surface area contributed by atoms with Gasteiger partial charge in [-0.1, -0.05) is 36.1 Å². The van der Waals surface area contributed by atoms with Crippen molar-refractivity contribution in [3.05, 3.63) is 95.8 Å². The van der Waals surface area contributed by atoms with Crippen molar-refractivity contribution < 1.29 is 33.3 Å². The fourth-order valence-electron chi connectivity index (χ4n) is 4.58. The second-order valence-corrected chi connectivity index (χ2v) is 9.81. The van der Waals surface area contributed by atoms with Crippen LogP contribution in [0.1, 0.15) is 17.2 Å². The van der Waals surface area contributed by atoms with Crippen LogP contribution in [0.15, 0.2) is 78.9 Å². The second kappa shape index (κ2) is 9.88. The Bertz CT molecular complexity index is 1660. The number of anilines is 1. The van der Waals surface area contributed by atoms with Crippen LogP contribution in [0, 0.1) is 5.82 Å². The molecule has 1 fully saturated rings. The lowest BCUT2D eigenvalue weighted by Gasteiger charge is -2.23. The summed E-state index contributed by atoms with van der Waals surface area (Å²) >= 11 is 1.08. The van der Waals surface area contributed by atoms with Gasteiger partial charge in [0.1, 0.15) is 37.1 Å². The summed E-state index contributed by atoms with van der Waals surface area (Å²) in [6.07, 6.45) is 1.62. The highest BCUT2D eigenvalue weighted by atomic mass is 32.1. The molecule has 1 N–H and O–H groups in total. The fraction of sp³-hybridized carbons (Fsp3) is 0.138. The number of nitrogens with zero attached hydrogens (tertiary/aromatic N) is 2. The normalized spacial score (nSPS) is 18.0. The Balaban J connectivity index is 1.50. The lowest BCUT2D eigenvalue weighted by Crippen LogP contribution is -2.29. The number of halogens is 1. The third-order valence-electron chi connectivity index (χ3n) is 6.37. The molecule has 6 rings (SSSR count). The molecule has 196 valence electrons. The zero-order chi connectivity index (χ0) is 27.1. The third kappa shape index (κ3) is 4.38. The highest BCUT2D eigenvalue weighted by molar-refractivity contribution is 7.22. The number of rotatable bonds is 6. The van der Waals surface area contributed by atoms with Gasteiger partial charge in [0.2, 0.25) is 0 Å². The third-order valence-corrected chi connectivity index (χ3v) is 7.39. The van der Waals surface area contributed by atoms with Crippen molar-refractivity contribution in [1.29, 1.82) is 0 Å². The number of Topliss-reactive ketones (excluding diaryl/α,β-unsaturated/α-hetero) is 1. The smallest absolute Gasteiger partial charge is 0.301 e. The Labute approximate surface area is 226 Å². The second-order valence-electron chi connectivity index (χ2n) is 8.80. The molecule has 0 spiro atoms. The van der Waals surface area contributed by atoms with Crippen molar-refractivity contribution in [2.75, 3.05) is 24.7 Å². The summed E-state index contributed by atoms with van der Waals surface area (Å²) in [6, 6.07) is 14.8. The van der Waals surface area contributed by atoms with Gasteiger partial charge in [-0.25, -0.2) is 9.37 Å². The molecule has 1 amide bonds. The highest BCUT2D eigenvalue weighted by Crippen LogP contribution is 2.45. The number of ether oxygens (including phenoxy) is 3. The first kappa shape index (κ1) is 24.6. The number of ketones is 1. The van der Waals surface area contributed by atoms with Crippen LogP contribution in [-0.2, 0) is 9.59 Å². The van der Waals surface area contributed by atoms with Crippen molar-refractivity contribution in [1.82, 2.24) is 4.98 Å². The molecule has 2 aliphatic rings. The maximum atomic E-state index is 13.9. The molecule has 1 atom stereocenters. The zero-order valence-corrected chi connectivity index (χ0v) is 21.2. The monoisotopic (exact) mass is 544 g/mol. The number of aliphatic hydroxyl groups is 1. The van der Waals surface area contributed by atoms with E-state index in [1.807, 2.05) is 0 Å². The van der Waals surface area contributed by atoms with Gasteiger partial charge in [0.25, 0.3) is 5.78 Å². The van der Waals surface area contributed by atoms with Gasteiger partial charge in [-0.05, 0) is 54.1 Å². The van der Waals surface area contributed by atoms with Gasteiger partial charge >= 0.3 is 5.91 Å². The summed E-state index contributed by atoms with van der Waals surface area (Å²) in [7, 11) is 0. The van der Waals surface area contributed by atoms with E-state index in [2.05, 4.69) is 11.6 Å². The average Bonchev–Trinajstić information content (AvgIpc) is 3.48. The number of hydrogen-bond acceptors (Lipinski definition) is 8. The summed E-state index contributed by atoms with van der Waals surface area (Å²) in [5, 5.41) is 11.6. The molecule has 3 heterocycles. The van der Waals surface area contributed by atoms with Crippen molar-refractivity contribution in [2.24, 2.45) is 0 Å². The first-order chi connectivity index (χ1) is 18.9. The molecule has 39 heavy (non-hydrogen) atoms. The van der Waals surface area contributed by atoms with Gasteiger partial charge in [0.05, 0.1) is 21.8 Å². The van der Waals surface area contributed by atoms with Crippen LogP contribution in [0.2, 0.25) is 0 Å². The van der Waals surface area contributed by atoms with Gasteiger partial charge in [0, 0.05) is 5.56 Å². The lowest BCUT2D eigenvalue weighted by atomic mass is 9.95. The van der Waals surface area contributed by atoms with Crippen molar-refractivity contribution in [3.8, 4) is 17.2 Å². The minimum atomic E-state index is -1.00. The van der Waals surface area contributed by atoms with Crippen molar-refractivity contribution in [2.45, 2.75) is 6.04 Å². The van der Waals surface area contributed by atoms with E-state index in [0.717, 1.165) is 11.3 Å². The molecular weight excluding hydrogens is 523 g/mol. The van der Waals surface area contributed by atoms with E-state index in [9.17, 15) is 19.1 Å². The van der Waals surface area contributed by atoms with E-state index in [-0.39, 0.29) is 16.5 Å². The summed E-state index contributed by atoms with van der Waals surface area (Å²) in [5.41, 5.74) is 1.21. The van der Waals surface area contributed by atoms with Crippen LogP contribution >= 0.6 is 11.3 Å². The Morgan fingerprint density at radius 2 is 1.87 bits per heavy atom. The Morgan fingerprint density at radius 1 is 1.10 bits per heavy atom. The lowest BCUT2D eigenvalue weighted by molar-refractivity contribution is -0.132. The maximum absolute atomic E-state index is 13.9. The quantitative estimate of drug-likeness (QED) is 0.150. The molecule has 10 heteroatoms. The maximum Gasteiger partial charge on any atom is 0.301 e. The molecule has 0 bridgehead atoms. The minimum Gasteiger partial charge on any atom is -0.507 e. The van der Waals surface area contributed by atoms with E-state index in [4.69, 9.17) is 14.2 Å². The predicted molar refractivity (Wildman–Crippen MR) is 144 cm³/mol. The molecule has 1 aromatic heterocycles. The van der Waals surface area contributed by atoms with E-state index < -0.39 is 23.5 Å². The van der Waals surface area contributed by atoms with Gasteiger partial charge in [-0.15, -0.1) is 0 Å². The topological polar surface area (TPSA) is 98.2 Å². The molecule has 0 radical (unpaired) electrons. The average molecular weight is 545 g/mol. The van der Waals surface area contributed by atoms with Gasteiger partial charge in [0.15, 0.2) is 16.6 Å². The number of fused-ring (bicyclic) bond motifs is 2. The number of amides is 1. The number of thiazole rings is 1. The van der Waals surface area contributed by atoms with Crippen LogP contribution in [0.4, 0.5) is 9.52 Å². The van der Waals surface area contributed by atoms with E-state index in [1.165, 1.54) is 23.1 Å². The Morgan fingerprint density at radius 3 is 2.64 bits per heavy atom. The largest absolute Gasteiger partial charge is 0.507 e. The molecule has 8 nitrogen and oxygen atoms in total. The van der Waals surface area contributed by atoms with Crippen LogP contribution in [0.25, 0.3) is 16.0 Å². The van der Waals surface area contributed by atoms with E-state index >= 15 is 0 Å². The summed E-state index contributed by atoms with van der Waals surface area (Å²) in [4.78, 5) is 32.7. The number of aliphatic hydroxyl groups excluding tert-OH is 1. The fourth-order valence-corrected chi connectivity index (χ4v) is 5.60. The van der Waals surface area contributed by atoms with Crippen molar-refractivity contribution >= 4 is 44.1 Å². The van der Waals surface area contributed by atoms with E-state index in [1.54, 1.807) is 48.5 Å². The Hall–Kier alpha value is -4.70. The van der Waals surface area contributed by atoms with Gasteiger partial charge < -0.3 is 19.3 Å². The first-order valence-corrected chi connectivity index (χ1v) is 12.9. The van der Waals surface area contributed by atoms with Crippen molar-refractivity contribution in [3.63, 3.8) is 0 Å². The SMILES string of the molecule is C=CCOc1ccc(C2C(=C(O)c3ccc4c(c3)OCCO4)C(=O)C(=O)N2c2nc3ccc(F)cc3s2)cc1. The standard InChI is InChI=1S/C29H21FN2O6S/c1-2-11-36-19-7-3-16(4-8-19)25-24(26(33)17-5-10-21-22(14-17)38-13-12-37-21)27(34)28(35)32(25)29-31-20-9-6-18(30)15-23(20)39-29/h2-10,14-15,25,33H,1,11-13H2. The van der Waals surface area contributed by atoms with Gasteiger partial charge in [-0.3, -0.25) is 14.5 Å². The molecular formula is C29H21FN2O6S. The summed E-state index contributed by atoms with van der Waals surface area (Å²) < 4.78 is 31.2. The summed E-state index contributed by atoms with van der Waals surface area (Å²) in [5.74, 6) is -1.02. The van der Waals surface area contributed by atoms with Crippen LogP contribution < -0.4 is 19.1 Å². The first-order valence-electron chi connectivity index (χ1n) is 12.1. The van der Waals surface area contributed by atoms with Crippen LogP contribution in [0.3, 0.4) is 0 Å².